The molecular weight excluding hydrogens is 336 g/mol. The third kappa shape index (κ3) is 2.69. The first-order chi connectivity index (χ1) is 8.84. The number of rotatable bonds is 3. The Labute approximate surface area is 132 Å². The van der Waals surface area contributed by atoms with E-state index in [9.17, 15) is 8.42 Å². The zero-order valence-corrected chi connectivity index (χ0v) is 16.1. The predicted octanol–water partition coefficient (Wildman–Crippen LogP) is 4.49. The van der Waals surface area contributed by atoms with Crippen molar-refractivity contribution in [3.63, 3.8) is 0 Å². The Kier molecular flexibility index (Phi) is 4.82. The van der Waals surface area contributed by atoms with Gasteiger partial charge in [-0.25, -0.2) is 8.42 Å². The average molecular weight is 361 g/mol. The molecule has 4 heteroatoms. The summed E-state index contributed by atoms with van der Waals surface area (Å²) in [7, 11) is -3.17. The van der Waals surface area contributed by atoms with Crippen LogP contribution in [0.5, 0.6) is 0 Å². The summed E-state index contributed by atoms with van der Waals surface area (Å²) in [4.78, 5) is -0.219. The second kappa shape index (κ2) is 5.45. The van der Waals surface area contributed by atoms with E-state index >= 15 is 0 Å². The van der Waals surface area contributed by atoms with Gasteiger partial charge in [0.25, 0.3) is 0 Å². The maximum atomic E-state index is 12.1. The topological polar surface area (TPSA) is 34.1 Å². The van der Waals surface area contributed by atoms with Gasteiger partial charge in [0, 0.05) is 6.26 Å². The van der Waals surface area contributed by atoms with Gasteiger partial charge >= 0.3 is 0 Å². The maximum absolute atomic E-state index is 12.1. The SMILES string of the molecule is Cc1c(C)c(C)c(C(Br)C(C)(C)S(C)(=O)=O)c(C)c1C. The molecule has 0 radical (unpaired) electrons. The number of alkyl halides is 1. The minimum atomic E-state index is -3.17. The fourth-order valence-electron chi connectivity index (χ4n) is 2.44. The molecule has 20 heavy (non-hydrogen) atoms. The van der Waals surface area contributed by atoms with Crippen LogP contribution in [-0.2, 0) is 9.84 Å². The van der Waals surface area contributed by atoms with Crippen molar-refractivity contribution in [2.75, 3.05) is 6.26 Å². The molecule has 0 aliphatic heterocycles. The minimum absolute atomic E-state index is 0.219. The quantitative estimate of drug-likeness (QED) is 0.744. The van der Waals surface area contributed by atoms with Gasteiger partial charge in [0.1, 0.15) is 0 Å². The summed E-state index contributed by atoms with van der Waals surface area (Å²) in [5, 5.41) is 0. The lowest BCUT2D eigenvalue weighted by molar-refractivity contribution is 0.547. The highest BCUT2D eigenvalue weighted by Gasteiger charge is 2.40. The molecule has 0 spiro atoms. The molecule has 0 amide bonds. The molecule has 0 aliphatic carbocycles. The number of hydrogen-bond donors (Lipinski definition) is 0. The van der Waals surface area contributed by atoms with Crippen molar-refractivity contribution in [1.29, 1.82) is 0 Å². The van der Waals surface area contributed by atoms with E-state index in [0.29, 0.717) is 0 Å². The van der Waals surface area contributed by atoms with Gasteiger partial charge in [-0.05, 0) is 81.8 Å². The standard InChI is InChI=1S/C16H25BrO2S/c1-9-10(2)12(4)14(13(5)11(9)3)15(17)16(6,7)20(8,18)19/h15H,1-8H3. The summed E-state index contributed by atoms with van der Waals surface area (Å²) in [5.41, 5.74) is 7.27. The predicted molar refractivity (Wildman–Crippen MR) is 90.7 cm³/mol. The lowest BCUT2D eigenvalue weighted by Gasteiger charge is -2.32. The molecule has 0 saturated heterocycles. The highest BCUT2D eigenvalue weighted by Crippen LogP contribution is 2.43. The summed E-state index contributed by atoms with van der Waals surface area (Å²) in [6.07, 6.45) is 1.31. The normalized spacial score (nSPS) is 14.4. The monoisotopic (exact) mass is 360 g/mol. The van der Waals surface area contributed by atoms with Gasteiger partial charge in [-0.15, -0.1) is 0 Å². The number of benzene rings is 1. The van der Waals surface area contributed by atoms with E-state index in [-0.39, 0.29) is 4.83 Å². The number of hydrogen-bond acceptors (Lipinski definition) is 2. The zero-order valence-electron chi connectivity index (χ0n) is 13.7. The molecule has 0 aromatic heterocycles. The van der Waals surface area contributed by atoms with Crippen molar-refractivity contribution in [2.24, 2.45) is 0 Å². The first-order valence-corrected chi connectivity index (χ1v) is 9.55. The Balaban J connectivity index is 3.65. The first kappa shape index (κ1) is 17.7. The molecule has 1 aromatic rings. The van der Waals surface area contributed by atoms with Crippen molar-refractivity contribution in [3.8, 4) is 0 Å². The molecule has 0 fully saturated rings. The molecule has 1 unspecified atom stereocenters. The van der Waals surface area contributed by atoms with Crippen molar-refractivity contribution < 1.29 is 8.42 Å². The molecule has 1 atom stereocenters. The van der Waals surface area contributed by atoms with E-state index in [1.54, 1.807) is 13.8 Å². The fourth-order valence-corrected chi connectivity index (χ4v) is 4.64. The van der Waals surface area contributed by atoms with Crippen LogP contribution in [0.2, 0.25) is 0 Å². The van der Waals surface area contributed by atoms with Crippen LogP contribution in [-0.4, -0.2) is 19.4 Å². The minimum Gasteiger partial charge on any atom is -0.229 e. The average Bonchev–Trinajstić information content (AvgIpc) is 2.32. The third-order valence-electron chi connectivity index (χ3n) is 4.88. The van der Waals surface area contributed by atoms with Crippen LogP contribution in [0, 0.1) is 34.6 Å². The van der Waals surface area contributed by atoms with E-state index in [1.165, 1.54) is 34.1 Å². The van der Waals surface area contributed by atoms with Crippen molar-refractivity contribution in [3.05, 3.63) is 33.4 Å². The third-order valence-corrected chi connectivity index (χ3v) is 8.93. The van der Waals surface area contributed by atoms with Crippen LogP contribution in [0.25, 0.3) is 0 Å². The van der Waals surface area contributed by atoms with Gasteiger partial charge in [0.15, 0.2) is 9.84 Å². The molecule has 0 heterocycles. The van der Waals surface area contributed by atoms with Gasteiger partial charge in [-0.1, -0.05) is 15.9 Å². The lowest BCUT2D eigenvalue weighted by Crippen LogP contribution is -2.36. The van der Waals surface area contributed by atoms with Gasteiger partial charge in [0.2, 0.25) is 0 Å². The van der Waals surface area contributed by atoms with Gasteiger partial charge < -0.3 is 0 Å². The molecule has 0 bridgehead atoms. The first-order valence-electron chi connectivity index (χ1n) is 6.74. The second-order valence-corrected chi connectivity index (χ2v) is 9.79. The molecule has 114 valence electrons. The summed E-state index contributed by atoms with van der Waals surface area (Å²) < 4.78 is 23.3. The van der Waals surface area contributed by atoms with E-state index in [0.717, 1.165) is 5.56 Å². The Morgan fingerprint density at radius 1 is 0.850 bits per heavy atom. The van der Waals surface area contributed by atoms with Crippen LogP contribution in [0.15, 0.2) is 0 Å². The van der Waals surface area contributed by atoms with Crippen molar-refractivity contribution in [2.45, 2.75) is 58.0 Å². The highest BCUT2D eigenvalue weighted by molar-refractivity contribution is 9.09. The van der Waals surface area contributed by atoms with E-state index in [4.69, 9.17) is 0 Å². The Hall–Kier alpha value is -0.350. The van der Waals surface area contributed by atoms with E-state index < -0.39 is 14.6 Å². The molecule has 1 rings (SSSR count). The van der Waals surface area contributed by atoms with Crippen molar-refractivity contribution >= 4 is 25.8 Å². The molecular formula is C16H25BrO2S. The summed E-state index contributed by atoms with van der Waals surface area (Å²) in [5.74, 6) is 0. The molecule has 0 saturated carbocycles. The van der Waals surface area contributed by atoms with Crippen LogP contribution >= 0.6 is 15.9 Å². The van der Waals surface area contributed by atoms with E-state index in [2.05, 4.69) is 50.5 Å². The van der Waals surface area contributed by atoms with Crippen molar-refractivity contribution in [1.82, 2.24) is 0 Å². The number of halogens is 1. The second-order valence-electron chi connectivity index (χ2n) is 6.28. The Morgan fingerprint density at radius 2 is 1.15 bits per heavy atom. The Bertz CT molecular complexity index is 614. The maximum Gasteiger partial charge on any atom is 0.154 e. The molecule has 2 nitrogen and oxygen atoms in total. The van der Waals surface area contributed by atoms with Crippen LogP contribution in [0.4, 0.5) is 0 Å². The highest BCUT2D eigenvalue weighted by atomic mass is 79.9. The van der Waals surface area contributed by atoms with Crippen LogP contribution < -0.4 is 0 Å². The molecule has 0 aliphatic rings. The molecule has 0 N–H and O–H groups in total. The smallest absolute Gasteiger partial charge is 0.154 e. The fraction of sp³-hybridized carbons (Fsp3) is 0.625. The summed E-state index contributed by atoms with van der Waals surface area (Å²) >= 11 is 3.66. The summed E-state index contributed by atoms with van der Waals surface area (Å²) in [6.45, 7) is 14.1. The summed E-state index contributed by atoms with van der Waals surface area (Å²) in [6, 6.07) is 0. The zero-order chi connectivity index (χ0) is 16.0. The molecule has 1 aromatic carbocycles. The Morgan fingerprint density at radius 3 is 1.45 bits per heavy atom. The van der Waals surface area contributed by atoms with Gasteiger partial charge in [-0.2, -0.15) is 0 Å². The van der Waals surface area contributed by atoms with Crippen LogP contribution in [0.3, 0.4) is 0 Å². The van der Waals surface area contributed by atoms with Gasteiger partial charge in [0.05, 0.1) is 9.57 Å². The number of sulfone groups is 1. The van der Waals surface area contributed by atoms with E-state index in [1.807, 2.05) is 0 Å². The largest absolute Gasteiger partial charge is 0.229 e. The lowest BCUT2D eigenvalue weighted by atomic mass is 9.85. The van der Waals surface area contributed by atoms with Gasteiger partial charge in [-0.3, -0.25) is 0 Å². The van der Waals surface area contributed by atoms with Crippen LogP contribution in [0.1, 0.15) is 52.1 Å².